The third-order valence-corrected chi connectivity index (χ3v) is 2.99. The van der Waals surface area contributed by atoms with Gasteiger partial charge in [-0.3, -0.25) is 10.1 Å². The normalized spacial score (nSPS) is 9.80. The van der Waals surface area contributed by atoms with Crippen LogP contribution in [-0.2, 0) is 6.54 Å². The predicted molar refractivity (Wildman–Crippen MR) is 76.6 cm³/mol. The van der Waals surface area contributed by atoms with Gasteiger partial charge in [0.1, 0.15) is 17.3 Å². The largest absolute Gasteiger partial charge is 0.375 e. The van der Waals surface area contributed by atoms with Crippen molar-refractivity contribution in [3.63, 3.8) is 0 Å². The van der Waals surface area contributed by atoms with Gasteiger partial charge in [-0.15, -0.1) is 0 Å². The van der Waals surface area contributed by atoms with Crippen molar-refractivity contribution >= 4 is 23.0 Å². The molecule has 2 aromatic carbocycles. The molecule has 0 radical (unpaired) electrons. The molecular weight excluding hydrogens is 278 g/mol. The van der Waals surface area contributed by atoms with E-state index in [4.69, 9.17) is 16.9 Å². The fourth-order valence-corrected chi connectivity index (χ4v) is 1.90. The van der Waals surface area contributed by atoms with Crippen LogP contribution in [0.25, 0.3) is 0 Å². The molecule has 0 aromatic heterocycles. The molecule has 100 valence electrons. The third kappa shape index (κ3) is 3.05. The average Bonchev–Trinajstić information content (AvgIpc) is 2.46. The molecule has 0 aliphatic rings. The first-order chi connectivity index (χ1) is 9.61. The molecule has 0 fully saturated rings. The van der Waals surface area contributed by atoms with Crippen molar-refractivity contribution in [2.75, 3.05) is 5.32 Å². The smallest absolute Gasteiger partial charge is 0.309 e. The molecule has 0 aliphatic heterocycles. The number of benzene rings is 2. The summed E-state index contributed by atoms with van der Waals surface area (Å²) in [5.41, 5.74) is 1.09. The van der Waals surface area contributed by atoms with Gasteiger partial charge in [-0.05, 0) is 29.8 Å². The Kier molecular flexibility index (Phi) is 4.18. The van der Waals surface area contributed by atoms with Crippen LogP contribution in [0.15, 0.2) is 42.5 Å². The van der Waals surface area contributed by atoms with Gasteiger partial charge in [0.15, 0.2) is 0 Å². The molecule has 0 bridgehead atoms. The lowest BCUT2D eigenvalue weighted by Crippen LogP contribution is -2.03. The quantitative estimate of drug-likeness (QED) is 0.686. The van der Waals surface area contributed by atoms with E-state index in [0.29, 0.717) is 17.3 Å². The number of halogens is 1. The Balaban J connectivity index is 2.23. The van der Waals surface area contributed by atoms with E-state index in [1.165, 1.54) is 6.07 Å². The van der Waals surface area contributed by atoms with E-state index in [1.807, 2.05) is 18.2 Å². The molecule has 0 saturated carbocycles. The number of nitriles is 1. The first kappa shape index (κ1) is 13.8. The van der Waals surface area contributed by atoms with Crippen LogP contribution in [0.2, 0.25) is 5.02 Å². The number of anilines is 1. The van der Waals surface area contributed by atoms with E-state index in [2.05, 4.69) is 5.32 Å². The summed E-state index contributed by atoms with van der Waals surface area (Å²) in [6, 6.07) is 13.6. The van der Waals surface area contributed by atoms with Gasteiger partial charge >= 0.3 is 5.69 Å². The molecule has 0 amide bonds. The maximum absolute atomic E-state index is 11.1. The number of para-hydroxylation sites is 1. The van der Waals surface area contributed by atoms with Crippen LogP contribution in [0.5, 0.6) is 0 Å². The van der Waals surface area contributed by atoms with Crippen molar-refractivity contribution in [2.24, 2.45) is 0 Å². The Morgan fingerprint density at radius 3 is 2.55 bits per heavy atom. The molecule has 0 saturated heterocycles. The summed E-state index contributed by atoms with van der Waals surface area (Å²) in [4.78, 5) is 10.5. The fourth-order valence-electron chi connectivity index (χ4n) is 1.77. The average molecular weight is 288 g/mol. The SMILES string of the molecule is N#Cc1cccc(NCc2ccc(Cl)cc2)c1[N+](=O)[O-]. The Labute approximate surface area is 120 Å². The van der Waals surface area contributed by atoms with E-state index < -0.39 is 4.92 Å². The van der Waals surface area contributed by atoms with Crippen LogP contribution in [0.3, 0.4) is 0 Å². The molecule has 0 unspecified atom stereocenters. The summed E-state index contributed by atoms with van der Waals surface area (Å²) < 4.78 is 0. The van der Waals surface area contributed by atoms with E-state index in [0.717, 1.165) is 5.56 Å². The minimum absolute atomic E-state index is 0.0381. The van der Waals surface area contributed by atoms with Crippen LogP contribution in [0.1, 0.15) is 11.1 Å². The zero-order chi connectivity index (χ0) is 14.5. The van der Waals surface area contributed by atoms with E-state index >= 15 is 0 Å². The third-order valence-electron chi connectivity index (χ3n) is 2.74. The number of nitrogens with zero attached hydrogens (tertiary/aromatic N) is 2. The van der Waals surface area contributed by atoms with Crippen LogP contribution in [0.4, 0.5) is 11.4 Å². The monoisotopic (exact) mass is 287 g/mol. The second-order valence-electron chi connectivity index (χ2n) is 4.05. The van der Waals surface area contributed by atoms with Crippen molar-refractivity contribution in [1.29, 1.82) is 5.26 Å². The molecule has 20 heavy (non-hydrogen) atoms. The van der Waals surface area contributed by atoms with E-state index in [9.17, 15) is 10.1 Å². The Morgan fingerprint density at radius 1 is 1.25 bits per heavy atom. The highest BCUT2D eigenvalue weighted by Crippen LogP contribution is 2.28. The summed E-state index contributed by atoms with van der Waals surface area (Å²) in [5.74, 6) is 0. The van der Waals surface area contributed by atoms with Crippen molar-refractivity contribution in [3.8, 4) is 6.07 Å². The van der Waals surface area contributed by atoms with Gasteiger partial charge in [0.05, 0.1) is 4.92 Å². The Bertz CT molecular complexity index is 678. The Morgan fingerprint density at radius 2 is 1.95 bits per heavy atom. The number of hydrogen-bond donors (Lipinski definition) is 1. The second-order valence-corrected chi connectivity index (χ2v) is 4.49. The highest BCUT2D eigenvalue weighted by atomic mass is 35.5. The maximum Gasteiger partial charge on any atom is 0.309 e. The van der Waals surface area contributed by atoms with E-state index in [1.54, 1.807) is 24.3 Å². The van der Waals surface area contributed by atoms with Crippen molar-refractivity contribution < 1.29 is 4.92 Å². The first-order valence-electron chi connectivity index (χ1n) is 5.77. The second kappa shape index (κ2) is 6.04. The first-order valence-corrected chi connectivity index (χ1v) is 6.15. The van der Waals surface area contributed by atoms with Crippen LogP contribution in [0, 0.1) is 21.4 Å². The van der Waals surface area contributed by atoms with Crippen molar-refractivity contribution in [2.45, 2.75) is 6.54 Å². The lowest BCUT2D eigenvalue weighted by molar-refractivity contribution is -0.384. The molecule has 0 atom stereocenters. The number of nitro benzene ring substituents is 1. The summed E-state index contributed by atoms with van der Waals surface area (Å²) in [5, 5.41) is 23.6. The summed E-state index contributed by atoms with van der Waals surface area (Å²) in [6.07, 6.45) is 0. The molecule has 2 rings (SSSR count). The number of hydrogen-bond acceptors (Lipinski definition) is 4. The lowest BCUT2D eigenvalue weighted by Gasteiger charge is -2.08. The van der Waals surface area contributed by atoms with Crippen molar-refractivity contribution in [3.05, 3.63) is 68.7 Å². The number of nitrogens with one attached hydrogen (secondary N) is 1. The van der Waals surface area contributed by atoms with Gasteiger partial charge in [0, 0.05) is 11.6 Å². The molecular formula is C14H10ClN3O2. The highest BCUT2D eigenvalue weighted by Gasteiger charge is 2.19. The topological polar surface area (TPSA) is 79.0 Å². The zero-order valence-corrected chi connectivity index (χ0v) is 11.1. The highest BCUT2D eigenvalue weighted by molar-refractivity contribution is 6.30. The minimum atomic E-state index is -0.553. The standard InChI is InChI=1S/C14H10ClN3O2/c15-12-6-4-10(5-7-12)9-17-13-3-1-2-11(8-16)14(13)18(19)20/h1-7,17H,9H2. The molecule has 5 nitrogen and oxygen atoms in total. The maximum atomic E-state index is 11.1. The predicted octanol–water partition coefficient (Wildman–Crippen LogP) is 3.73. The molecule has 0 aliphatic carbocycles. The molecule has 0 heterocycles. The Hall–Kier alpha value is -2.58. The van der Waals surface area contributed by atoms with Gasteiger partial charge in [0.2, 0.25) is 0 Å². The summed E-state index contributed by atoms with van der Waals surface area (Å²) in [7, 11) is 0. The molecule has 2 aromatic rings. The molecule has 1 N–H and O–H groups in total. The van der Waals surface area contributed by atoms with Gasteiger partial charge < -0.3 is 5.32 Å². The summed E-state index contributed by atoms with van der Waals surface area (Å²) >= 11 is 5.79. The summed E-state index contributed by atoms with van der Waals surface area (Å²) in [6.45, 7) is 0.410. The van der Waals surface area contributed by atoms with E-state index in [-0.39, 0.29) is 11.3 Å². The minimum Gasteiger partial charge on any atom is -0.375 e. The fraction of sp³-hybridized carbons (Fsp3) is 0.0714. The number of rotatable bonds is 4. The number of nitro groups is 1. The zero-order valence-electron chi connectivity index (χ0n) is 10.3. The van der Waals surface area contributed by atoms with Gasteiger partial charge in [-0.2, -0.15) is 5.26 Å². The molecule has 0 spiro atoms. The van der Waals surface area contributed by atoms with Gasteiger partial charge in [-0.1, -0.05) is 29.8 Å². The van der Waals surface area contributed by atoms with Crippen LogP contribution in [-0.4, -0.2) is 4.92 Å². The van der Waals surface area contributed by atoms with Crippen LogP contribution < -0.4 is 5.32 Å². The van der Waals surface area contributed by atoms with Gasteiger partial charge in [0.25, 0.3) is 0 Å². The lowest BCUT2D eigenvalue weighted by atomic mass is 10.1. The van der Waals surface area contributed by atoms with Crippen LogP contribution >= 0.6 is 11.6 Å². The van der Waals surface area contributed by atoms with Crippen molar-refractivity contribution in [1.82, 2.24) is 0 Å². The van der Waals surface area contributed by atoms with Gasteiger partial charge in [-0.25, -0.2) is 0 Å². The molecule has 6 heteroatoms.